The third-order valence-corrected chi connectivity index (χ3v) is 5.42. The molecule has 0 bridgehead atoms. The lowest BCUT2D eigenvalue weighted by Gasteiger charge is -2.30. The zero-order valence-electron chi connectivity index (χ0n) is 14.2. The molecule has 1 aliphatic carbocycles. The van der Waals surface area contributed by atoms with E-state index in [-0.39, 0.29) is 5.91 Å². The first-order valence-electron chi connectivity index (χ1n) is 8.27. The van der Waals surface area contributed by atoms with Crippen LogP contribution in [0.4, 0.5) is 0 Å². The van der Waals surface area contributed by atoms with Gasteiger partial charge in [0.05, 0.1) is 14.2 Å². The first-order chi connectivity index (χ1) is 11.1. The molecular weight excluding hydrogens is 358 g/mol. The van der Waals surface area contributed by atoms with Gasteiger partial charge in [-0.05, 0) is 40.9 Å². The van der Waals surface area contributed by atoms with Crippen molar-refractivity contribution in [3.05, 3.63) is 22.2 Å². The quantitative estimate of drug-likeness (QED) is 0.759. The fraction of sp³-hybridized carbons (Fsp3) is 0.611. The third-order valence-electron chi connectivity index (χ3n) is 4.64. The highest BCUT2D eigenvalue weighted by Crippen LogP contribution is 2.36. The van der Waals surface area contributed by atoms with Crippen molar-refractivity contribution < 1.29 is 14.3 Å². The van der Waals surface area contributed by atoms with Gasteiger partial charge in [0.2, 0.25) is 0 Å². The maximum atomic E-state index is 12.9. The van der Waals surface area contributed by atoms with Crippen LogP contribution in [-0.2, 0) is 0 Å². The van der Waals surface area contributed by atoms with Gasteiger partial charge in [0.1, 0.15) is 16.0 Å². The Morgan fingerprint density at radius 3 is 2.00 bits per heavy atom. The molecule has 0 N–H and O–H groups in total. The average molecular weight is 384 g/mol. The van der Waals surface area contributed by atoms with E-state index in [1.807, 2.05) is 11.9 Å². The number of hydrogen-bond acceptors (Lipinski definition) is 3. The fourth-order valence-corrected chi connectivity index (χ4v) is 3.74. The molecule has 1 aromatic carbocycles. The molecule has 0 radical (unpaired) electrons. The van der Waals surface area contributed by atoms with Crippen LogP contribution < -0.4 is 9.47 Å². The van der Waals surface area contributed by atoms with Gasteiger partial charge in [-0.1, -0.05) is 32.1 Å². The van der Waals surface area contributed by atoms with E-state index in [1.54, 1.807) is 26.4 Å². The van der Waals surface area contributed by atoms with E-state index < -0.39 is 0 Å². The van der Waals surface area contributed by atoms with Crippen molar-refractivity contribution in [1.29, 1.82) is 0 Å². The summed E-state index contributed by atoms with van der Waals surface area (Å²) in [6.07, 6.45) is 8.47. The van der Waals surface area contributed by atoms with Crippen LogP contribution in [0.1, 0.15) is 55.3 Å². The summed E-state index contributed by atoms with van der Waals surface area (Å²) in [4.78, 5) is 14.8. The molecule has 1 amide bonds. The maximum absolute atomic E-state index is 12.9. The van der Waals surface area contributed by atoms with E-state index in [9.17, 15) is 4.79 Å². The van der Waals surface area contributed by atoms with Gasteiger partial charge in [0, 0.05) is 18.7 Å². The normalized spacial score (nSPS) is 16.3. The van der Waals surface area contributed by atoms with Crippen molar-refractivity contribution >= 4 is 21.8 Å². The SMILES string of the molecule is COc1cc(C(=O)N(C)C2CCCCCCC2)cc(OC)c1Br. The molecule has 0 saturated heterocycles. The maximum Gasteiger partial charge on any atom is 0.254 e. The Balaban J connectivity index is 2.20. The predicted molar refractivity (Wildman–Crippen MR) is 95.4 cm³/mol. The lowest BCUT2D eigenvalue weighted by Crippen LogP contribution is -2.37. The van der Waals surface area contributed by atoms with Crippen LogP contribution in [0, 0.1) is 0 Å². The summed E-state index contributed by atoms with van der Waals surface area (Å²) in [6.45, 7) is 0. The molecule has 0 unspecified atom stereocenters. The van der Waals surface area contributed by atoms with Crippen LogP contribution in [0.5, 0.6) is 11.5 Å². The lowest BCUT2D eigenvalue weighted by molar-refractivity contribution is 0.0706. The molecule has 0 aromatic heterocycles. The van der Waals surface area contributed by atoms with Crippen LogP contribution in [-0.4, -0.2) is 38.1 Å². The van der Waals surface area contributed by atoms with E-state index in [0.29, 0.717) is 23.1 Å². The van der Waals surface area contributed by atoms with E-state index >= 15 is 0 Å². The third kappa shape index (κ3) is 4.40. The van der Waals surface area contributed by atoms with Gasteiger partial charge >= 0.3 is 0 Å². The molecule has 1 aromatic rings. The van der Waals surface area contributed by atoms with Gasteiger partial charge in [0.25, 0.3) is 5.91 Å². The summed E-state index contributed by atoms with van der Waals surface area (Å²) in [6, 6.07) is 3.87. The van der Waals surface area contributed by atoms with Crippen LogP contribution in [0.25, 0.3) is 0 Å². The number of nitrogens with zero attached hydrogens (tertiary/aromatic N) is 1. The zero-order valence-corrected chi connectivity index (χ0v) is 15.8. The molecule has 0 atom stereocenters. The van der Waals surface area contributed by atoms with Gasteiger partial charge in [-0.15, -0.1) is 0 Å². The number of amides is 1. The average Bonchev–Trinajstić information content (AvgIpc) is 2.53. The van der Waals surface area contributed by atoms with Crippen molar-refractivity contribution in [2.45, 2.75) is 51.0 Å². The zero-order chi connectivity index (χ0) is 16.8. The highest BCUT2D eigenvalue weighted by Gasteiger charge is 2.23. The Bertz CT molecular complexity index is 514. The summed E-state index contributed by atoms with van der Waals surface area (Å²) in [5, 5.41) is 0. The molecule has 1 aliphatic rings. The molecular formula is C18H26BrNO3. The number of carbonyl (C=O) groups is 1. The second kappa shape index (κ2) is 8.57. The number of halogens is 1. The Labute approximate surface area is 147 Å². The first kappa shape index (κ1) is 18.1. The van der Waals surface area contributed by atoms with Crippen LogP contribution in [0.2, 0.25) is 0 Å². The van der Waals surface area contributed by atoms with Crippen LogP contribution >= 0.6 is 15.9 Å². The van der Waals surface area contributed by atoms with Gasteiger partial charge in [-0.3, -0.25) is 4.79 Å². The van der Waals surface area contributed by atoms with Gasteiger partial charge in [-0.2, -0.15) is 0 Å². The van der Waals surface area contributed by atoms with Crippen molar-refractivity contribution in [3.8, 4) is 11.5 Å². The van der Waals surface area contributed by atoms with E-state index in [0.717, 1.165) is 17.3 Å². The Morgan fingerprint density at radius 2 is 1.52 bits per heavy atom. The molecule has 23 heavy (non-hydrogen) atoms. The number of carbonyl (C=O) groups excluding carboxylic acids is 1. The fourth-order valence-electron chi connectivity index (χ4n) is 3.18. The smallest absolute Gasteiger partial charge is 0.254 e. The molecule has 1 fully saturated rings. The summed E-state index contributed by atoms with van der Waals surface area (Å²) in [7, 11) is 5.09. The number of methoxy groups -OCH3 is 2. The lowest BCUT2D eigenvalue weighted by atomic mass is 9.95. The highest BCUT2D eigenvalue weighted by atomic mass is 79.9. The summed E-state index contributed by atoms with van der Waals surface area (Å²) in [5.74, 6) is 1.25. The second-order valence-electron chi connectivity index (χ2n) is 6.11. The standard InChI is InChI=1S/C18H26BrNO3/c1-20(14-9-7-5-4-6-8-10-14)18(21)13-11-15(22-2)17(19)16(12-13)23-3/h11-12,14H,4-10H2,1-3H3. The number of benzene rings is 1. The molecule has 128 valence electrons. The number of hydrogen-bond donors (Lipinski definition) is 0. The first-order valence-corrected chi connectivity index (χ1v) is 9.06. The minimum atomic E-state index is 0.0275. The Morgan fingerprint density at radius 1 is 1.04 bits per heavy atom. The molecule has 0 spiro atoms. The molecule has 4 nitrogen and oxygen atoms in total. The number of ether oxygens (including phenoxy) is 2. The Kier molecular flexibility index (Phi) is 6.75. The molecule has 2 rings (SSSR count). The van der Waals surface area contributed by atoms with E-state index in [1.165, 1.54) is 32.1 Å². The highest BCUT2D eigenvalue weighted by molar-refractivity contribution is 9.10. The molecule has 0 aliphatic heterocycles. The molecule has 1 saturated carbocycles. The van der Waals surface area contributed by atoms with Gasteiger partial charge in [-0.25, -0.2) is 0 Å². The van der Waals surface area contributed by atoms with Crippen LogP contribution in [0.15, 0.2) is 16.6 Å². The molecule has 0 heterocycles. The molecule has 5 heteroatoms. The van der Waals surface area contributed by atoms with Crippen molar-refractivity contribution in [2.75, 3.05) is 21.3 Å². The van der Waals surface area contributed by atoms with Crippen LogP contribution in [0.3, 0.4) is 0 Å². The van der Waals surface area contributed by atoms with Crippen molar-refractivity contribution in [1.82, 2.24) is 4.90 Å². The topological polar surface area (TPSA) is 38.8 Å². The second-order valence-corrected chi connectivity index (χ2v) is 6.90. The predicted octanol–water partition coefficient (Wildman–Crippen LogP) is 4.65. The minimum absolute atomic E-state index is 0.0275. The van der Waals surface area contributed by atoms with Crippen molar-refractivity contribution in [2.24, 2.45) is 0 Å². The van der Waals surface area contributed by atoms with Gasteiger partial charge in [0.15, 0.2) is 0 Å². The Hall–Kier alpha value is -1.23. The monoisotopic (exact) mass is 383 g/mol. The summed E-state index contributed by atoms with van der Waals surface area (Å²) in [5.41, 5.74) is 0.603. The van der Waals surface area contributed by atoms with E-state index in [4.69, 9.17) is 9.47 Å². The van der Waals surface area contributed by atoms with E-state index in [2.05, 4.69) is 15.9 Å². The largest absolute Gasteiger partial charge is 0.495 e. The number of rotatable bonds is 4. The van der Waals surface area contributed by atoms with Gasteiger partial charge < -0.3 is 14.4 Å². The minimum Gasteiger partial charge on any atom is -0.495 e. The summed E-state index contributed by atoms with van der Waals surface area (Å²) < 4.78 is 11.4. The van der Waals surface area contributed by atoms with Crippen molar-refractivity contribution in [3.63, 3.8) is 0 Å². The summed E-state index contributed by atoms with van der Waals surface area (Å²) >= 11 is 3.44.